The summed E-state index contributed by atoms with van der Waals surface area (Å²) >= 11 is 0. The number of nitrogens with zero attached hydrogens (tertiary/aromatic N) is 3. The Morgan fingerprint density at radius 1 is 1.27 bits per heavy atom. The quantitative estimate of drug-likeness (QED) is 0.585. The number of carbonyl (C=O) groups is 1. The van der Waals surface area contributed by atoms with E-state index in [-0.39, 0.29) is 0 Å². The number of aromatic nitrogens is 3. The molecule has 4 N–H and O–H groups in total. The molecule has 1 heterocycles. The summed E-state index contributed by atoms with van der Waals surface area (Å²) in [6.07, 6.45) is 0. The van der Waals surface area contributed by atoms with Gasteiger partial charge in [0.15, 0.2) is 0 Å². The number of primary amides is 1. The summed E-state index contributed by atoms with van der Waals surface area (Å²) in [7, 11) is 0. The van der Waals surface area contributed by atoms with Crippen molar-refractivity contribution in [3.8, 4) is 0 Å². The second-order valence-electron chi connectivity index (χ2n) is 3.02. The summed E-state index contributed by atoms with van der Waals surface area (Å²) < 4.78 is 0. The molecule has 1 aromatic rings. The molecule has 15 heavy (non-hydrogen) atoms. The molecular weight excluding hydrogens is 196 g/mol. The number of carbonyl (C=O) groups excluding carboxylic acids is 1. The Kier molecular flexibility index (Phi) is 3.78. The van der Waals surface area contributed by atoms with Gasteiger partial charge >= 0.3 is 6.03 Å². The Morgan fingerprint density at radius 2 is 2.00 bits per heavy atom. The maximum Gasteiger partial charge on any atom is 0.312 e. The Hall–Kier alpha value is -1.92. The van der Waals surface area contributed by atoms with Crippen LogP contribution < -0.4 is 16.4 Å². The van der Waals surface area contributed by atoms with Crippen molar-refractivity contribution in [2.75, 3.05) is 18.4 Å². The van der Waals surface area contributed by atoms with E-state index in [4.69, 9.17) is 5.73 Å². The molecule has 0 aliphatic rings. The molecule has 82 valence electrons. The van der Waals surface area contributed by atoms with Crippen LogP contribution in [0.2, 0.25) is 0 Å². The zero-order valence-electron chi connectivity index (χ0n) is 8.74. The van der Waals surface area contributed by atoms with Crippen LogP contribution in [0.4, 0.5) is 10.7 Å². The summed E-state index contributed by atoms with van der Waals surface area (Å²) in [4.78, 5) is 14.5. The Bertz CT molecular complexity index is 353. The first-order valence-corrected chi connectivity index (χ1v) is 4.54. The number of hydrogen-bond acceptors (Lipinski definition) is 5. The standard InChI is InChI=1S/C8H14N6O/c1-5-6(2)13-14-8(12-5)11-4-3-10-7(9)15/h3-4H2,1-2H3,(H3,9,10,15)(H,11,12,14). The average molecular weight is 210 g/mol. The van der Waals surface area contributed by atoms with Crippen LogP contribution >= 0.6 is 0 Å². The van der Waals surface area contributed by atoms with Crippen LogP contribution in [0.25, 0.3) is 0 Å². The van der Waals surface area contributed by atoms with Gasteiger partial charge in [-0.05, 0) is 13.8 Å². The van der Waals surface area contributed by atoms with Crippen LogP contribution in [0.1, 0.15) is 11.4 Å². The molecule has 7 nitrogen and oxygen atoms in total. The van der Waals surface area contributed by atoms with Gasteiger partial charge in [-0.2, -0.15) is 5.10 Å². The average Bonchev–Trinajstić information content (AvgIpc) is 2.18. The van der Waals surface area contributed by atoms with Gasteiger partial charge in [0.1, 0.15) is 0 Å². The first-order chi connectivity index (χ1) is 7.09. The van der Waals surface area contributed by atoms with Gasteiger partial charge in [-0.1, -0.05) is 0 Å². The summed E-state index contributed by atoms with van der Waals surface area (Å²) in [5.41, 5.74) is 6.53. The van der Waals surface area contributed by atoms with Gasteiger partial charge in [0.05, 0.1) is 11.4 Å². The number of hydrogen-bond donors (Lipinski definition) is 3. The van der Waals surface area contributed by atoms with Crippen molar-refractivity contribution in [3.05, 3.63) is 11.4 Å². The Labute approximate surface area is 87.5 Å². The molecule has 0 spiro atoms. The van der Waals surface area contributed by atoms with E-state index in [9.17, 15) is 4.79 Å². The minimum absolute atomic E-state index is 0.422. The van der Waals surface area contributed by atoms with Crippen LogP contribution in [0.3, 0.4) is 0 Å². The fourth-order valence-electron chi connectivity index (χ4n) is 0.892. The molecule has 0 bridgehead atoms. The van der Waals surface area contributed by atoms with E-state index in [0.717, 1.165) is 11.4 Å². The molecule has 7 heteroatoms. The lowest BCUT2D eigenvalue weighted by molar-refractivity contribution is 0.249. The van der Waals surface area contributed by atoms with Crippen LogP contribution in [-0.4, -0.2) is 34.3 Å². The lowest BCUT2D eigenvalue weighted by Gasteiger charge is -2.05. The highest BCUT2D eigenvalue weighted by molar-refractivity contribution is 5.71. The van der Waals surface area contributed by atoms with Crippen LogP contribution in [-0.2, 0) is 0 Å². The largest absolute Gasteiger partial charge is 0.352 e. The zero-order chi connectivity index (χ0) is 11.3. The number of nitrogens with one attached hydrogen (secondary N) is 2. The molecule has 0 fully saturated rings. The van der Waals surface area contributed by atoms with Gasteiger partial charge in [0.25, 0.3) is 0 Å². The third-order valence-electron chi connectivity index (χ3n) is 1.80. The van der Waals surface area contributed by atoms with Gasteiger partial charge < -0.3 is 16.4 Å². The third kappa shape index (κ3) is 3.75. The van der Waals surface area contributed by atoms with Gasteiger partial charge in [-0.25, -0.2) is 9.78 Å². The molecular formula is C8H14N6O. The smallest absolute Gasteiger partial charge is 0.312 e. The Morgan fingerprint density at radius 3 is 2.60 bits per heavy atom. The van der Waals surface area contributed by atoms with Crippen LogP contribution in [0.5, 0.6) is 0 Å². The van der Waals surface area contributed by atoms with E-state index in [1.807, 2.05) is 13.8 Å². The van der Waals surface area contributed by atoms with E-state index in [1.54, 1.807) is 0 Å². The first kappa shape index (κ1) is 11.2. The number of urea groups is 1. The number of rotatable bonds is 4. The lowest BCUT2D eigenvalue weighted by atomic mass is 10.4. The van der Waals surface area contributed by atoms with E-state index < -0.39 is 6.03 Å². The van der Waals surface area contributed by atoms with Crippen LogP contribution in [0, 0.1) is 13.8 Å². The summed E-state index contributed by atoms with van der Waals surface area (Å²) in [6.45, 7) is 4.63. The highest BCUT2D eigenvalue weighted by Gasteiger charge is 2.00. The number of anilines is 1. The monoisotopic (exact) mass is 210 g/mol. The lowest BCUT2D eigenvalue weighted by Crippen LogP contribution is -2.33. The van der Waals surface area contributed by atoms with Crippen molar-refractivity contribution in [1.82, 2.24) is 20.5 Å². The van der Waals surface area contributed by atoms with Crippen molar-refractivity contribution in [3.63, 3.8) is 0 Å². The number of nitrogens with two attached hydrogens (primary N) is 1. The molecule has 0 saturated carbocycles. The van der Waals surface area contributed by atoms with E-state index in [1.165, 1.54) is 0 Å². The maximum absolute atomic E-state index is 10.3. The summed E-state index contributed by atoms with van der Waals surface area (Å²) in [5.74, 6) is 0.448. The van der Waals surface area contributed by atoms with E-state index in [2.05, 4.69) is 25.8 Å². The molecule has 0 radical (unpaired) electrons. The SMILES string of the molecule is Cc1nnc(NCCNC(N)=O)nc1C. The van der Waals surface area contributed by atoms with Crippen LogP contribution in [0.15, 0.2) is 0 Å². The minimum Gasteiger partial charge on any atom is -0.352 e. The fraction of sp³-hybridized carbons (Fsp3) is 0.500. The highest BCUT2D eigenvalue weighted by Crippen LogP contribution is 2.00. The molecule has 0 aromatic carbocycles. The van der Waals surface area contributed by atoms with Gasteiger partial charge in [0, 0.05) is 13.1 Å². The molecule has 1 aromatic heterocycles. The van der Waals surface area contributed by atoms with E-state index >= 15 is 0 Å². The molecule has 1 rings (SSSR count). The van der Waals surface area contributed by atoms with Crippen molar-refractivity contribution in [2.24, 2.45) is 5.73 Å². The molecule has 0 unspecified atom stereocenters. The first-order valence-electron chi connectivity index (χ1n) is 4.54. The topological polar surface area (TPSA) is 106 Å². The van der Waals surface area contributed by atoms with Crippen molar-refractivity contribution >= 4 is 12.0 Å². The van der Waals surface area contributed by atoms with E-state index in [0.29, 0.717) is 19.0 Å². The fourth-order valence-corrected chi connectivity index (χ4v) is 0.892. The van der Waals surface area contributed by atoms with Crippen molar-refractivity contribution < 1.29 is 4.79 Å². The Balaban J connectivity index is 2.38. The second-order valence-corrected chi connectivity index (χ2v) is 3.02. The normalized spacial score (nSPS) is 9.73. The minimum atomic E-state index is -0.545. The zero-order valence-corrected chi connectivity index (χ0v) is 8.74. The molecule has 0 atom stereocenters. The number of amides is 2. The molecule has 2 amide bonds. The van der Waals surface area contributed by atoms with Gasteiger partial charge in [0.2, 0.25) is 5.95 Å². The molecule has 0 aliphatic heterocycles. The highest BCUT2D eigenvalue weighted by atomic mass is 16.2. The van der Waals surface area contributed by atoms with Gasteiger partial charge in [-0.15, -0.1) is 5.10 Å². The number of aryl methyl sites for hydroxylation is 2. The van der Waals surface area contributed by atoms with Gasteiger partial charge in [-0.3, -0.25) is 0 Å². The summed E-state index contributed by atoms with van der Waals surface area (Å²) in [5, 5.41) is 13.1. The second kappa shape index (κ2) is 5.08. The predicted octanol–water partition coefficient (Wildman–Crippen LogP) is -0.431. The van der Waals surface area contributed by atoms with Crippen molar-refractivity contribution in [2.45, 2.75) is 13.8 Å². The maximum atomic E-state index is 10.3. The van der Waals surface area contributed by atoms with Crippen molar-refractivity contribution in [1.29, 1.82) is 0 Å². The molecule has 0 saturated heterocycles. The predicted molar refractivity (Wildman–Crippen MR) is 55.4 cm³/mol. The summed E-state index contributed by atoms with van der Waals surface area (Å²) in [6, 6.07) is -0.545. The molecule has 0 aliphatic carbocycles. The third-order valence-corrected chi connectivity index (χ3v) is 1.80.